The Morgan fingerprint density at radius 3 is 2.52 bits per heavy atom. The van der Waals surface area contributed by atoms with Crippen molar-refractivity contribution in [2.24, 2.45) is 0 Å². The molecule has 1 aromatic heterocycles. The molecule has 2 aromatic carbocycles. The maximum absolute atomic E-state index is 13.5. The molecule has 0 bridgehead atoms. The number of sulfonamides is 1. The van der Waals surface area contributed by atoms with Crippen LogP contribution in [0.1, 0.15) is 27.7 Å². The van der Waals surface area contributed by atoms with Gasteiger partial charge in [0.2, 0.25) is 0 Å². The van der Waals surface area contributed by atoms with Crippen LogP contribution in [0.25, 0.3) is 0 Å². The number of thiophene rings is 1. The van der Waals surface area contributed by atoms with Crippen molar-refractivity contribution < 1.29 is 17.6 Å². The molecule has 29 heavy (non-hydrogen) atoms. The van der Waals surface area contributed by atoms with Gasteiger partial charge in [-0.15, -0.1) is 11.3 Å². The maximum Gasteiger partial charge on any atom is 0.265 e. The van der Waals surface area contributed by atoms with E-state index < -0.39 is 15.9 Å². The number of rotatable bonds is 7. The maximum atomic E-state index is 13.5. The van der Waals surface area contributed by atoms with Crippen LogP contribution in [-0.2, 0) is 16.6 Å². The molecule has 0 fully saturated rings. The molecule has 152 valence electrons. The lowest BCUT2D eigenvalue weighted by atomic mass is 10.2. The summed E-state index contributed by atoms with van der Waals surface area (Å²) in [5.41, 5.74) is 2.07. The molecule has 0 spiro atoms. The van der Waals surface area contributed by atoms with E-state index in [0.717, 1.165) is 16.9 Å². The van der Waals surface area contributed by atoms with Gasteiger partial charge in [-0.3, -0.25) is 9.52 Å². The van der Waals surface area contributed by atoms with Crippen LogP contribution in [-0.4, -0.2) is 25.8 Å². The van der Waals surface area contributed by atoms with Crippen LogP contribution in [0.4, 0.5) is 10.1 Å². The molecular weight excluding hydrogens is 411 g/mol. The van der Waals surface area contributed by atoms with Gasteiger partial charge in [-0.25, -0.2) is 12.8 Å². The quantitative estimate of drug-likeness (QED) is 0.591. The van der Waals surface area contributed by atoms with Crippen LogP contribution < -0.4 is 4.72 Å². The molecule has 0 saturated carbocycles. The predicted molar refractivity (Wildman–Crippen MR) is 113 cm³/mol. The molecule has 1 N–H and O–H groups in total. The highest BCUT2D eigenvalue weighted by Crippen LogP contribution is 2.26. The number of halogens is 1. The smallest absolute Gasteiger partial charge is 0.265 e. The minimum atomic E-state index is -3.93. The Labute approximate surface area is 173 Å². The normalized spacial score (nSPS) is 11.3. The molecule has 8 heteroatoms. The first kappa shape index (κ1) is 21.0. The first-order valence-electron chi connectivity index (χ1n) is 9.01. The Morgan fingerprint density at radius 1 is 1.14 bits per heavy atom. The number of benzene rings is 2. The third-order valence-corrected chi connectivity index (χ3v) is 6.80. The van der Waals surface area contributed by atoms with E-state index in [4.69, 9.17) is 0 Å². The van der Waals surface area contributed by atoms with Crippen LogP contribution in [0.3, 0.4) is 0 Å². The summed E-state index contributed by atoms with van der Waals surface area (Å²) >= 11 is 1.07. The molecule has 3 rings (SSSR count). The fourth-order valence-electron chi connectivity index (χ4n) is 2.82. The van der Waals surface area contributed by atoms with Crippen molar-refractivity contribution in [3.8, 4) is 0 Å². The molecule has 0 unspecified atom stereocenters. The molecule has 0 aliphatic heterocycles. The van der Waals surface area contributed by atoms with Gasteiger partial charge in [-0.05, 0) is 55.1 Å². The van der Waals surface area contributed by atoms with E-state index in [1.807, 2.05) is 6.92 Å². The number of anilines is 1. The van der Waals surface area contributed by atoms with Crippen molar-refractivity contribution in [2.45, 2.75) is 25.3 Å². The van der Waals surface area contributed by atoms with Crippen LogP contribution in [0, 0.1) is 12.7 Å². The summed E-state index contributed by atoms with van der Waals surface area (Å²) in [6.45, 7) is 4.25. The van der Waals surface area contributed by atoms with E-state index in [1.165, 1.54) is 23.1 Å². The minimum Gasteiger partial charge on any atom is -0.334 e. The summed E-state index contributed by atoms with van der Waals surface area (Å²) < 4.78 is 41.7. The third kappa shape index (κ3) is 5.02. The fourth-order valence-corrected chi connectivity index (χ4v) is 5.27. The van der Waals surface area contributed by atoms with Gasteiger partial charge in [-0.1, -0.05) is 29.8 Å². The number of nitrogens with one attached hydrogen (secondary N) is 1. The largest absolute Gasteiger partial charge is 0.334 e. The SMILES string of the molecule is CCN(Cc1cccc(F)c1)C(=O)c1sccc1S(=O)(=O)Nc1ccc(C)cc1. The van der Waals surface area contributed by atoms with Crippen molar-refractivity contribution >= 4 is 33.0 Å². The number of carbonyl (C=O) groups excluding carboxylic acids is 1. The molecule has 0 radical (unpaired) electrons. The number of aryl methyl sites for hydroxylation is 1. The average molecular weight is 433 g/mol. The average Bonchev–Trinajstić information content (AvgIpc) is 3.18. The predicted octanol–water partition coefficient (Wildman–Crippen LogP) is 4.66. The molecule has 0 atom stereocenters. The molecule has 3 aromatic rings. The van der Waals surface area contributed by atoms with E-state index in [9.17, 15) is 17.6 Å². The van der Waals surface area contributed by atoms with Gasteiger partial charge in [0.15, 0.2) is 0 Å². The highest BCUT2D eigenvalue weighted by atomic mass is 32.2. The van der Waals surface area contributed by atoms with Gasteiger partial charge < -0.3 is 4.90 Å². The summed E-state index contributed by atoms with van der Waals surface area (Å²) in [6.07, 6.45) is 0. The summed E-state index contributed by atoms with van der Waals surface area (Å²) in [6, 6.07) is 14.4. The van der Waals surface area contributed by atoms with Crippen molar-refractivity contribution in [2.75, 3.05) is 11.3 Å². The summed E-state index contributed by atoms with van der Waals surface area (Å²) in [7, 11) is -3.93. The monoisotopic (exact) mass is 432 g/mol. The Kier molecular flexibility index (Phi) is 6.34. The Bertz CT molecular complexity index is 1110. The van der Waals surface area contributed by atoms with Gasteiger partial charge in [0, 0.05) is 18.8 Å². The van der Waals surface area contributed by atoms with Gasteiger partial charge in [0.1, 0.15) is 15.6 Å². The lowest BCUT2D eigenvalue weighted by Gasteiger charge is -2.21. The minimum absolute atomic E-state index is 0.0641. The second kappa shape index (κ2) is 8.75. The first-order chi connectivity index (χ1) is 13.8. The van der Waals surface area contributed by atoms with E-state index in [0.29, 0.717) is 17.8 Å². The molecule has 1 heterocycles. The van der Waals surface area contributed by atoms with E-state index in [-0.39, 0.29) is 22.1 Å². The zero-order chi connectivity index (χ0) is 21.0. The number of amides is 1. The van der Waals surface area contributed by atoms with Crippen molar-refractivity contribution in [1.29, 1.82) is 0 Å². The second-order valence-electron chi connectivity index (χ2n) is 6.53. The lowest BCUT2D eigenvalue weighted by molar-refractivity contribution is 0.0754. The molecule has 5 nitrogen and oxygen atoms in total. The fraction of sp³-hybridized carbons (Fsp3) is 0.190. The van der Waals surface area contributed by atoms with E-state index in [1.54, 1.807) is 48.7 Å². The van der Waals surface area contributed by atoms with Crippen molar-refractivity contribution in [3.05, 3.63) is 81.8 Å². The van der Waals surface area contributed by atoms with Crippen LogP contribution in [0.2, 0.25) is 0 Å². The Hall–Kier alpha value is -2.71. The zero-order valence-electron chi connectivity index (χ0n) is 16.1. The number of carbonyl (C=O) groups is 1. The van der Waals surface area contributed by atoms with E-state index in [2.05, 4.69) is 4.72 Å². The highest BCUT2D eigenvalue weighted by Gasteiger charge is 2.27. The molecule has 0 saturated heterocycles. The Morgan fingerprint density at radius 2 is 1.86 bits per heavy atom. The van der Waals surface area contributed by atoms with Crippen molar-refractivity contribution in [3.63, 3.8) is 0 Å². The molecular formula is C21H21FN2O3S2. The summed E-state index contributed by atoms with van der Waals surface area (Å²) in [4.78, 5) is 14.6. The first-order valence-corrected chi connectivity index (χ1v) is 11.4. The molecule has 1 amide bonds. The Balaban J connectivity index is 1.85. The topological polar surface area (TPSA) is 66.5 Å². The van der Waals surface area contributed by atoms with Crippen LogP contribution in [0.5, 0.6) is 0 Å². The number of hydrogen-bond donors (Lipinski definition) is 1. The van der Waals surface area contributed by atoms with Crippen LogP contribution >= 0.6 is 11.3 Å². The number of nitrogens with zero attached hydrogens (tertiary/aromatic N) is 1. The number of hydrogen-bond acceptors (Lipinski definition) is 4. The molecule has 0 aliphatic rings. The lowest BCUT2D eigenvalue weighted by Crippen LogP contribution is -2.31. The third-order valence-electron chi connectivity index (χ3n) is 4.35. The zero-order valence-corrected chi connectivity index (χ0v) is 17.7. The summed E-state index contributed by atoms with van der Waals surface area (Å²) in [5.74, 6) is -0.788. The second-order valence-corrected chi connectivity index (χ2v) is 9.10. The molecule has 0 aliphatic carbocycles. The van der Waals surface area contributed by atoms with Crippen LogP contribution in [0.15, 0.2) is 64.9 Å². The van der Waals surface area contributed by atoms with Gasteiger partial charge in [0.25, 0.3) is 15.9 Å². The summed E-state index contributed by atoms with van der Waals surface area (Å²) in [5, 5.41) is 1.58. The van der Waals surface area contributed by atoms with Gasteiger partial charge in [-0.2, -0.15) is 0 Å². The van der Waals surface area contributed by atoms with Gasteiger partial charge in [0.05, 0.1) is 0 Å². The van der Waals surface area contributed by atoms with Crippen molar-refractivity contribution in [1.82, 2.24) is 4.90 Å². The highest BCUT2D eigenvalue weighted by molar-refractivity contribution is 7.93. The van der Waals surface area contributed by atoms with E-state index >= 15 is 0 Å². The standard InChI is InChI=1S/C21H21FN2O3S2/c1-3-24(14-16-5-4-6-17(22)13-16)21(25)20-19(11-12-28-20)29(26,27)23-18-9-7-15(2)8-10-18/h4-13,23H,3,14H2,1-2H3. The van der Waals surface area contributed by atoms with Gasteiger partial charge >= 0.3 is 0 Å².